The molecule has 3 amide bonds. The summed E-state index contributed by atoms with van der Waals surface area (Å²) in [5.41, 5.74) is 8.45. The summed E-state index contributed by atoms with van der Waals surface area (Å²) in [5.74, 6) is 0.560. The molecule has 2 aliphatic rings. The fourth-order valence-electron chi connectivity index (χ4n) is 4.19. The number of para-hydroxylation sites is 2. The molecule has 0 aliphatic carbocycles. The Morgan fingerprint density at radius 3 is 2.77 bits per heavy atom. The number of likely N-dealkylation sites (tertiary alicyclic amines) is 1. The number of piperidine rings is 1. The van der Waals surface area contributed by atoms with Crippen molar-refractivity contribution in [3.05, 3.63) is 59.7 Å². The van der Waals surface area contributed by atoms with E-state index < -0.39 is 0 Å². The molecule has 0 aromatic heterocycles. The van der Waals surface area contributed by atoms with Crippen molar-refractivity contribution in [3.8, 4) is 5.75 Å². The van der Waals surface area contributed by atoms with E-state index in [2.05, 4.69) is 21.6 Å². The van der Waals surface area contributed by atoms with Crippen LogP contribution in [0, 0.1) is 5.92 Å². The first-order valence-corrected chi connectivity index (χ1v) is 10.5. The van der Waals surface area contributed by atoms with Gasteiger partial charge in [-0.2, -0.15) is 0 Å². The van der Waals surface area contributed by atoms with Gasteiger partial charge in [0.05, 0.1) is 12.5 Å². The predicted molar refractivity (Wildman–Crippen MR) is 115 cm³/mol. The van der Waals surface area contributed by atoms with E-state index in [1.54, 1.807) is 0 Å². The number of benzene rings is 2. The summed E-state index contributed by atoms with van der Waals surface area (Å²) < 4.78 is 5.87. The van der Waals surface area contributed by atoms with Gasteiger partial charge in [-0.3, -0.25) is 9.69 Å². The van der Waals surface area contributed by atoms with E-state index in [9.17, 15) is 9.59 Å². The molecule has 4 N–H and O–H groups in total. The molecule has 2 aliphatic heterocycles. The molecule has 2 aromatic rings. The van der Waals surface area contributed by atoms with Gasteiger partial charge in [-0.25, -0.2) is 4.79 Å². The smallest absolute Gasteiger partial charge is 0.319 e. The van der Waals surface area contributed by atoms with Gasteiger partial charge in [0.1, 0.15) is 11.9 Å². The molecule has 4 rings (SSSR count). The van der Waals surface area contributed by atoms with Crippen LogP contribution in [0.2, 0.25) is 0 Å². The van der Waals surface area contributed by atoms with Crippen molar-refractivity contribution in [3.63, 3.8) is 0 Å². The summed E-state index contributed by atoms with van der Waals surface area (Å²) in [6.07, 6.45) is 2.54. The van der Waals surface area contributed by atoms with E-state index in [0.717, 1.165) is 42.8 Å². The zero-order valence-electron chi connectivity index (χ0n) is 17.0. The first-order chi connectivity index (χ1) is 14.6. The van der Waals surface area contributed by atoms with Crippen LogP contribution < -0.4 is 21.1 Å². The first kappa shape index (κ1) is 20.2. The molecule has 158 valence electrons. The lowest BCUT2D eigenvalue weighted by atomic mass is 9.97. The van der Waals surface area contributed by atoms with Crippen molar-refractivity contribution in [1.82, 2.24) is 10.2 Å². The third-order valence-corrected chi connectivity index (χ3v) is 5.77. The van der Waals surface area contributed by atoms with Crippen LogP contribution in [-0.2, 0) is 17.8 Å². The topological polar surface area (TPSA) is 96.7 Å². The molecule has 1 fully saturated rings. The number of carbonyl (C=O) groups excluding carboxylic acids is 2. The van der Waals surface area contributed by atoms with E-state index in [0.29, 0.717) is 19.6 Å². The largest absolute Gasteiger partial charge is 0.488 e. The SMILES string of the molecule is NC(=O)[C@@H]1CCCN(Cc2ccccc2NC(=O)NC[C@H]2Cc3ccccc3O2)C1. The summed E-state index contributed by atoms with van der Waals surface area (Å²) in [7, 11) is 0. The lowest BCUT2D eigenvalue weighted by molar-refractivity contribution is -0.123. The Balaban J connectivity index is 1.30. The van der Waals surface area contributed by atoms with Crippen LogP contribution in [0.1, 0.15) is 24.0 Å². The number of nitrogens with one attached hydrogen (secondary N) is 2. The summed E-state index contributed by atoms with van der Waals surface area (Å²) in [5, 5.41) is 5.87. The highest BCUT2D eigenvalue weighted by atomic mass is 16.5. The van der Waals surface area contributed by atoms with Crippen molar-refractivity contribution in [2.24, 2.45) is 11.7 Å². The van der Waals surface area contributed by atoms with Crippen LogP contribution in [0.25, 0.3) is 0 Å². The highest BCUT2D eigenvalue weighted by Gasteiger charge is 2.25. The van der Waals surface area contributed by atoms with Crippen molar-refractivity contribution in [2.75, 3.05) is 25.0 Å². The average molecular weight is 409 g/mol. The third kappa shape index (κ3) is 4.91. The van der Waals surface area contributed by atoms with Gasteiger partial charge in [-0.1, -0.05) is 36.4 Å². The molecule has 2 heterocycles. The van der Waals surface area contributed by atoms with Gasteiger partial charge in [-0.05, 0) is 42.6 Å². The summed E-state index contributed by atoms with van der Waals surface area (Å²) in [6, 6.07) is 15.4. The van der Waals surface area contributed by atoms with Gasteiger partial charge in [0, 0.05) is 25.2 Å². The Hall–Kier alpha value is -3.06. The molecule has 0 spiro atoms. The lowest BCUT2D eigenvalue weighted by Crippen LogP contribution is -2.41. The van der Waals surface area contributed by atoms with E-state index in [1.807, 2.05) is 42.5 Å². The standard InChI is InChI=1S/C23H28N4O3/c24-22(28)18-8-5-11-27(15-18)14-17-7-1-3-9-20(17)26-23(29)25-13-19-12-16-6-2-4-10-21(16)30-19/h1-4,6-7,9-10,18-19H,5,8,11-15H2,(H2,24,28)(H2,25,26,29)/t18-,19-/m1/s1. The highest BCUT2D eigenvalue weighted by Crippen LogP contribution is 2.28. The van der Waals surface area contributed by atoms with Gasteiger partial charge < -0.3 is 21.1 Å². The molecule has 7 heteroatoms. The number of urea groups is 1. The van der Waals surface area contributed by atoms with Gasteiger partial charge in [0.15, 0.2) is 0 Å². The highest BCUT2D eigenvalue weighted by molar-refractivity contribution is 5.90. The minimum Gasteiger partial charge on any atom is -0.488 e. The van der Waals surface area contributed by atoms with Crippen LogP contribution in [-0.4, -0.2) is 42.6 Å². The molecule has 2 atom stereocenters. The fraction of sp³-hybridized carbons (Fsp3) is 0.391. The van der Waals surface area contributed by atoms with Crippen molar-refractivity contribution in [2.45, 2.75) is 31.9 Å². The Kier molecular flexibility index (Phi) is 6.18. The summed E-state index contributed by atoms with van der Waals surface area (Å²) >= 11 is 0. The van der Waals surface area contributed by atoms with Crippen LogP contribution in [0.3, 0.4) is 0 Å². The maximum absolute atomic E-state index is 12.5. The van der Waals surface area contributed by atoms with Crippen LogP contribution in [0.5, 0.6) is 5.75 Å². The zero-order valence-corrected chi connectivity index (χ0v) is 17.0. The second-order valence-electron chi connectivity index (χ2n) is 8.02. The number of nitrogens with two attached hydrogens (primary N) is 1. The molecule has 0 unspecified atom stereocenters. The fourth-order valence-corrected chi connectivity index (χ4v) is 4.19. The number of ether oxygens (including phenoxy) is 1. The maximum atomic E-state index is 12.5. The van der Waals surface area contributed by atoms with Crippen LogP contribution >= 0.6 is 0 Å². The van der Waals surface area contributed by atoms with Gasteiger partial charge in [0.25, 0.3) is 0 Å². The number of nitrogens with zero attached hydrogens (tertiary/aromatic N) is 1. The minimum absolute atomic E-state index is 0.0533. The molecule has 30 heavy (non-hydrogen) atoms. The average Bonchev–Trinajstić information content (AvgIpc) is 3.17. The number of primary amides is 1. The first-order valence-electron chi connectivity index (χ1n) is 10.5. The van der Waals surface area contributed by atoms with Crippen molar-refractivity contribution in [1.29, 1.82) is 0 Å². The third-order valence-electron chi connectivity index (χ3n) is 5.77. The van der Waals surface area contributed by atoms with Gasteiger partial charge >= 0.3 is 6.03 Å². The molecule has 1 saturated heterocycles. The van der Waals surface area contributed by atoms with Crippen LogP contribution in [0.4, 0.5) is 10.5 Å². The molecule has 0 saturated carbocycles. The molecular weight excluding hydrogens is 380 g/mol. The Morgan fingerprint density at radius 2 is 1.93 bits per heavy atom. The number of anilines is 1. The number of hydrogen-bond acceptors (Lipinski definition) is 4. The van der Waals surface area contributed by atoms with E-state index in [4.69, 9.17) is 10.5 Å². The molecule has 0 bridgehead atoms. The summed E-state index contributed by atoms with van der Waals surface area (Å²) in [4.78, 5) is 26.2. The van der Waals surface area contributed by atoms with E-state index >= 15 is 0 Å². The second-order valence-corrected chi connectivity index (χ2v) is 8.02. The molecule has 2 aromatic carbocycles. The van der Waals surface area contributed by atoms with Crippen molar-refractivity contribution < 1.29 is 14.3 Å². The molecule has 7 nitrogen and oxygen atoms in total. The normalized spacial score (nSPS) is 20.8. The lowest BCUT2D eigenvalue weighted by Gasteiger charge is -2.31. The molecule has 0 radical (unpaired) electrons. The zero-order chi connectivity index (χ0) is 20.9. The number of fused-ring (bicyclic) bond motifs is 1. The minimum atomic E-state index is -0.254. The van der Waals surface area contributed by atoms with Gasteiger partial charge in [0.2, 0.25) is 5.91 Å². The quantitative estimate of drug-likeness (QED) is 0.684. The number of carbonyl (C=O) groups is 2. The number of amides is 3. The van der Waals surface area contributed by atoms with Crippen LogP contribution in [0.15, 0.2) is 48.5 Å². The number of hydrogen-bond donors (Lipinski definition) is 3. The Bertz CT molecular complexity index is 892. The van der Waals surface area contributed by atoms with E-state index in [1.165, 1.54) is 5.56 Å². The van der Waals surface area contributed by atoms with Gasteiger partial charge in [-0.15, -0.1) is 0 Å². The second kappa shape index (κ2) is 9.17. The monoisotopic (exact) mass is 408 g/mol. The van der Waals surface area contributed by atoms with Crippen molar-refractivity contribution >= 4 is 17.6 Å². The van der Waals surface area contributed by atoms with E-state index in [-0.39, 0.29) is 24.0 Å². The summed E-state index contributed by atoms with van der Waals surface area (Å²) in [6.45, 7) is 2.69. The Labute approximate surface area is 176 Å². The maximum Gasteiger partial charge on any atom is 0.319 e. The number of rotatable bonds is 6. The molecular formula is C23H28N4O3. The Morgan fingerprint density at radius 1 is 1.13 bits per heavy atom. The predicted octanol–water partition coefficient (Wildman–Crippen LogP) is 2.51.